The highest BCUT2D eigenvalue weighted by Crippen LogP contribution is 2.14. The van der Waals surface area contributed by atoms with Crippen LogP contribution in [0.3, 0.4) is 0 Å². The molecule has 3 heteroatoms. The van der Waals surface area contributed by atoms with Gasteiger partial charge in [-0.2, -0.15) is 0 Å². The van der Waals surface area contributed by atoms with E-state index in [1.54, 1.807) is 14.2 Å². The quantitative estimate of drug-likeness (QED) is 0.771. The fourth-order valence-electron chi connectivity index (χ4n) is 1.59. The topological polar surface area (TPSA) is 44.5 Å². The van der Waals surface area contributed by atoms with E-state index < -0.39 is 0 Å². The summed E-state index contributed by atoms with van der Waals surface area (Å²) in [5, 5.41) is 0. The lowest BCUT2D eigenvalue weighted by atomic mass is 10.0. The highest BCUT2D eigenvalue weighted by atomic mass is 16.5. The molecule has 0 aliphatic rings. The predicted molar refractivity (Wildman–Crippen MR) is 60.6 cm³/mol. The molecule has 0 saturated carbocycles. The number of methoxy groups -OCH3 is 2. The number of ether oxygens (including phenoxy) is 2. The lowest BCUT2D eigenvalue weighted by Gasteiger charge is -2.10. The third kappa shape index (κ3) is 3.63. The first kappa shape index (κ1) is 12.2. The molecule has 0 spiro atoms. The van der Waals surface area contributed by atoms with Gasteiger partial charge in [-0.15, -0.1) is 0 Å². The molecule has 3 nitrogen and oxygen atoms in total. The third-order valence-corrected chi connectivity index (χ3v) is 2.30. The molecule has 0 aliphatic carbocycles. The van der Waals surface area contributed by atoms with E-state index >= 15 is 0 Å². The van der Waals surface area contributed by atoms with Crippen molar-refractivity contribution >= 4 is 0 Å². The van der Waals surface area contributed by atoms with Gasteiger partial charge in [0.1, 0.15) is 0 Å². The van der Waals surface area contributed by atoms with E-state index in [-0.39, 0.29) is 0 Å². The van der Waals surface area contributed by atoms with E-state index in [1.165, 1.54) is 16.7 Å². The molecule has 0 amide bonds. The summed E-state index contributed by atoms with van der Waals surface area (Å²) in [7, 11) is 3.40. The third-order valence-electron chi connectivity index (χ3n) is 2.30. The molecule has 0 aromatic heterocycles. The predicted octanol–water partition coefficient (Wildman–Crippen LogP) is 1.48. The molecule has 2 N–H and O–H groups in total. The van der Waals surface area contributed by atoms with Crippen molar-refractivity contribution < 1.29 is 9.47 Å². The first-order chi connectivity index (χ1) is 7.31. The zero-order valence-corrected chi connectivity index (χ0v) is 9.45. The van der Waals surface area contributed by atoms with Crippen LogP contribution in [0.4, 0.5) is 0 Å². The van der Waals surface area contributed by atoms with Gasteiger partial charge < -0.3 is 15.2 Å². The first-order valence-electron chi connectivity index (χ1n) is 5.10. The van der Waals surface area contributed by atoms with Crippen molar-refractivity contribution in [1.29, 1.82) is 0 Å². The van der Waals surface area contributed by atoms with Crippen LogP contribution in [0.1, 0.15) is 16.7 Å². The Morgan fingerprint density at radius 3 is 2.33 bits per heavy atom. The summed E-state index contributed by atoms with van der Waals surface area (Å²) >= 11 is 0. The second-order valence-corrected chi connectivity index (χ2v) is 3.51. The number of nitrogens with two attached hydrogens (primary N) is 1. The molecule has 0 atom stereocenters. The Hall–Kier alpha value is -0.900. The average molecular weight is 209 g/mol. The highest BCUT2D eigenvalue weighted by molar-refractivity contribution is 5.31. The van der Waals surface area contributed by atoms with Gasteiger partial charge in [0.15, 0.2) is 0 Å². The van der Waals surface area contributed by atoms with Gasteiger partial charge in [0.05, 0.1) is 13.2 Å². The summed E-state index contributed by atoms with van der Waals surface area (Å²) < 4.78 is 10.3. The molecule has 0 radical (unpaired) electrons. The van der Waals surface area contributed by atoms with Crippen molar-refractivity contribution in [3.8, 4) is 0 Å². The first-order valence-corrected chi connectivity index (χ1v) is 5.10. The number of benzene rings is 1. The van der Waals surface area contributed by atoms with Crippen LogP contribution in [0, 0.1) is 0 Å². The maximum Gasteiger partial charge on any atom is 0.0716 e. The lowest BCUT2D eigenvalue weighted by molar-refractivity contribution is 0.168. The van der Waals surface area contributed by atoms with Crippen molar-refractivity contribution in [2.45, 2.75) is 19.6 Å². The Labute approximate surface area is 91.2 Å². The molecule has 0 heterocycles. The van der Waals surface area contributed by atoms with Crippen molar-refractivity contribution in [2.75, 3.05) is 20.8 Å². The smallest absolute Gasteiger partial charge is 0.0716 e. The van der Waals surface area contributed by atoms with Gasteiger partial charge in [0, 0.05) is 14.2 Å². The molecule has 0 aliphatic heterocycles. The van der Waals surface area contributed by atoms with E-state index in [0.717, 1.165) is 6.42 Å². The van der Waals surface area contributed by atoms with E-state index in [2.05, 4.69) is 18.2 Å². The Balaban J connectivity index is 2.87. The second kappa shape index (κ2) is 6.56. The summed E-state index contributed by atoms with van der Waals surface area (Å²) in [6.45, 7) is 1.93. The van der Waals surface area contributed by atoms with E-state index in [0.29, 0.717) is 19.8 Å². The van der Waals surface area contributed by atoms with Crippen molar-refractivity contribution in [3.63, 3.8) is 0 Å². The molecule has 84 valence electrons. The van der Waals surface area contributed by atoms with Crippen LogP contribution in [0.2, 0.25) is 0 Å². The molecule has 0 bridgehead atoms. The molecule has 1 aromatic rings. The Kier molecular flexibility index (Phi) is 5.32. The average Bonchev–Trinajstić information content (AvgIpc) is 2.23. The molecule has 15 heavy (non-hydrogen) atoms. The number of rotatable bonds is 6. The van der Waals surface area contributed by atoms with Gasteiger partial charge in [-0.05, 0) is 29.7 Å². The fourth-order valence-corrected chi connectivity index (χ4v) is 1.59. The normalized spacial score (nSPS) is 10.6. The monoisotopic (exact) mass is 209 g/mol. The number of hydrogen-bond donors (Lipinski definition) is 1. The zero-order chi connectivity index (χ0) is 11.1. The van der Waals surface area contributed by atoms with Crippen LogP contribution < -0.4 is 5.73 Å². The second-order valence-electron chi connectivity index (χ2n) is 3.51. The molecule has 1 aromatic carbocycles. The summed E-state index contributed by atoms with van der Waals surface area (Å²) in [5.41, 5.74) is 9.15. The molecule has 0 unspecified atom stereocenters. The summed E-state index contributed by atoms with van der Waals surface area (Å²) in [6, 6.07) is 6.33. The van der Waals surface area contributed by atoms with Crippen LogP contribution in [-0.2, 0) is 29.1 Å². The molecule has 0 fully saturated rings. The standard InChI is InChI=1S/C12H19NO2/c1-14-8-11-4-3-10(5-6-13)7-12(11)9-15-2/h3-4,7H,5-6,8-9,13H2,1-2H3. The Morgan fingerprint density at radius 1 is 1.07 bits per heavy atom. The van der Waals surface area contributed by atoms with Gasteiger partial charge in [0.2, 0.25) is 0 Å². The summed E-state index contributed by atoms with van der Waals surface area (Å²) in [5.74, 6) is 0. The van der Waals surface area contributed by atoms with Crippen LogP contribution in [-0.4, -0.2) is 20.8 Å². The largest absolute Gasteiger partial charge is 0.380 e. The van der Waals surface area contributed by atoms with Gasteiger partial charge in [-0.3, -0.25) is 0 Å². The van der Waals surface area contributed by atoms with Crippen molar-refractivity contribution in [2.24, 2.45) is 5.73 Å². The zero-order valence-electron chi connectivity index (χ0n) is 9.45. The highest BCUT2D eigenvalue weighted by Gasteiger charge is 2.03. The van der Waals surface area contributed by atoms with E-state index in [1.807, 2.05) is 0 Å². The maximum atomic E-state index is 5.53. The number of hydrogen-bond acceptors (Lipinski definition) is 3. The SMILES string of the molecule is COCc1ccc(CCN)cc1COC. The minimum Gasteiger partial charge on any atom is -0.380 e. The summed E-state index contributed by atoms with van der Waals surface area (Å²) in [4.78, 5) is 0. The lowest BCUT2D eigenvalue weighted by Crippen LogP contribution is -2.05. The van der Waals surface area contributed by atoms with Gasteiger partial charge in [0.25, 0.3) is 0 Å². The van der Waals surface area contributed by atoms with Crippen LogP contribution in [0.15, 0.2) is 18.2 Å². The van der Waals surface area contributed by atoms with Crippen LogP contribution >= 0.6 is 0 Å². The van der Waals surface area contributed by atoms with Gasteiger partial charge in [-0.25, -0.2) is 0 Å². The molecule has 1 rings (SSSR count). The minimum absolute atomic E-state index is 0.622. The van der Waals surface area contributed by atoms with Crippen LogP contribution in [0.5, 0.6) is 0 Å². The fraction of sp³-hybridized carbons (Fsp3) is 0.500. The van der Waals surface area contributed by atoms with Crippen molar-refractivity contribution in [1.82, 2.24) is 0 Å². The van der Waals surface area contributed by atoms with E-state index in [9.17, 15) is 0 Å². The summed E-state index contributed by atoms with van der Waals surface area (Å²) in [6.07, 6.45) is 0.907. The Morgan fingerprint density at radius 2 is 1.73 bits per heavy atom. The maximum absolute atomic E-state index is 5.53. The van der Waals surface area contributed by atoms with E-state index in [4.69, 9.17) is 15.2 Å². The molecular formula is C12H19NO2. The minimum atomic E-state index is 0.622. The van der Waals surface area contributed by atoms with Gasteiger partial charge in [-0.1, -0.05) is 18.2 Å². The van der Waals surface area contributed by atoms with Crippen molar-refractivity contribution in [3.05, 3.63) is 34.9 Å². The van der Waals surface area contributed by atoms with Gasteiger partial charge >= 0.3 is 0 Å². The Bertz CT molecular complexity index is 300. The molecular weight excluding hydrogens is 190 g/mol. The van der Waals surface area contributed by atoms with Crippen LogP contribution in [0.25, 0.3) is 0 Å². The molecule has 0 saturated heterocycles.